The van der Waals surface area contributed by atoms with E-state index < -0.39 is 6.04 Å². The van der Waals surface area contributed by atoms with Crippen molar-refractivity contribution in [3.63, 3.8) is 0 Å². The van der Waals surface area contributed by atoms with E-state index in [-0.39, 0.29) is 11.7 Å². The molecule has 3 aromatic rings. The molecule has 0 saturated carbocycles. The highest BCUT2D eigenvalue weighted by molar-refractivity contribution is 8.15. The van der Waals surface area contributed by atoms with Crippen LogP contribution in [0.4, 0.5) is 0 Å². The summed E-state index contributed by atoms with van der Waals surface area (Å²) in [5, 5.41) is 11.0. The number of thioether (sulfide) groups is 1. The van der Waals surface area contributed by atoms with Gasteiger partial charge in [-0.05, 0) is 30.3 Å². The van der Waals surface area contributed by atoms with Gasteiger partial charge in [0.2, 0.25) is 0 Å². The summed E-state index contributed by atoms with van der Waals surface area (Å²) in [5.41, 5.74) is 0.811. The molecule has 5 nitrogen and oxygen atoms in total. The van der Waals surface area contributed by atoms with Gasteiger partial charge < -0.3 is 9.84 Å². The summed E-state index contributed by atoms with van der Waals surface area (Å²) in [6.45, 7) is 0. The molecule has 1 aliphatic heterocycles. The van der Waals surface area contributed by atoms with Crippen molar-refractivity contribution >= 4 is 44.3 Å². The Morgan fingerprint density at radius 3 is 2.88 bits per heavy atom. The summed E-state index contributed by atoms with van der Waals surface area (Å²) in [4.78, 5) is 21.2. The first kappa shape index (κ1) is 15.2. The van der Waals surface area contributed by atoms with Crippen LogP contribution in [0, 0.1) is 0 Å². The number of carbonyl (C=O) groups is 1. The monoisotopic (exact) mass is 356 g/mol. The van der Waals surface area contributed by atoms with Gasteiger partial charge >= 0.3 is 5.97 Å². The molecule has 1 aliphatic rings. The fourth-order valence-corrected chi connectivity index (χ4v) is 4.38. The smallest absolute Gasteiger partial charge is 0.337 e. The lowest BCUT2D eigenvalue weighted by atomic mass is 10.3. The molecule has 1 unspecified atom stereocenters. The SMILES string of the molecule is O=C(Oc1ccccc1)C1CSC(c2nc3ccc(O)cc3s2)=N1. The highest BCUT2D eigenvalue weighted by Crippen LogP contribution is 2.31. The van der Waals surface area contributed by atoms with Gasteiger partial charge in [0.05, 0.1) is 10.2 Å². The van der Waals surface area contributed by atoms with Crippen molar-refractivity contribution in [1.29, 1.82) is 0 Å². The van der Waals surface area contributed by atoms with E-state index in [9.17, 15) is 9.90 Å². The standard InChI is InChI=1S/C17H12N2O3S2/c20-10-6-7-12-14(8-10)24-16(18-12)15-19-13(9-23-15)17(21)22-11-4-2-1-3-5-11/h1-8,13,20H,9H2. The zero-order chi connectivity index (χ0) is 16.5. The van der Waals surface area contributed by atoms with E-state index in [2.05, 4.69) is 9.98 Å². The summed E-state index contributed by atoms with van der Waals surface area (Å²) >= 11 is 2.95. The van der Waals surface area contributed by atoms with Gasteiger partial charge in [-0.2, -0.15) is 0 Å². The van der Waals surface area contributed by atoms with Crippen LogP contribution in [-0.2, 0) is 4.79 Å². The fourth-order valence-electron chi connectivity index (χ4n) is 2.29. The Kier molecular flexibility index (Phi) is 3.95. The number of aromatic hydroxyl groups is 1. The van der Waals surface area contributed by atoms with Crippen LogP contribution in [0.1, 0.15) is 5.01 Å². The van der Waals surface area contributed by atoms with Crippen molar-refractivity contribution in [2.45, 2.75) is 6.04 Å². The molecule has 120 valence electrons. The molecule has 0 aliphatic carbocycles. The van der Waals surface area contributed by atoms with Gasteiger partial charge in [0, 0.05) is 5.75 Å². The minimum Gasteiger partial charge on any atom is -0.508 e. The first-order valence-corrected chi connectivity index (χ1v) is 9.06. The van der Waals surface area contributed by atoms with Crippen LogP contribution in [0.15, 0.2) is 53.5 Å². The van der Waals surface area contributed by atoms with Gasteiger partial charge in [-0.25, -0.2) is 9.78 Å². The Hall–Kier alpha value is -2.38. The van der Waals surface area contributed by atoms with Gasteiger partial charge in [-0.1, -0.05) is 18.2 Å². The van der Waals surface area contributed by atoms with Gasteiger partial charge in [-0.3, -0.25) is 4.99 Å². The van der Waals surface area contributed by atoms with Gasteiger partial charge in [0.15, 0.2) is 6.04 Å². The van der Waals surface area contributed by atoms with E-state index in [0.29, 0.717) is 11.5 Å². The molecule has 1 atom stereocenters. The quantitative estimate of drug-likeness (QED) is 0.575. The molecule has 7 heteroatoms. The van der Waals surface area contributed by atoms with E-state index >= 15 is 0 Å². The highest BCUT2D eigenvalue weighted by Gasteiger charge is 2.29. The van der Waals surface area contributed by atoms with Crippen molar-refractivity contribution in [3.05, 3.63) is 53.5 Å². The van der Waals surface area contributed by atoms with Crippen LogP contribution in [0.3, 0.4) is 0 Å². The summed E-state index contributed by atoms with van der Waals surface area (Å²) < 4.78 is 6.24. The second-order valence-electron chi connectivity index (χ2n) is 5.17. The van der Waals surface area contributed by atoms with E-state index in [1.54, 1.807) is 30.3 Å². The second kappa shape index (κ2) is 6.26. The third-order valence-corrected chi connectivity index (χ3v) is 5.65. The number of hydrogen-bond acceptors (Lipinski definition) is 7. The van der Waals surface area contributed by atoms with Crippen LogP contribution < -0.4 is 4.74 Å². The Morgan fingerprint density at radius 2 is 2.04 bits per heavy atom. The number of phenolic OH excluding ortho intramolecular Hbond substituents is 1. The molecule has 1 N–H and O–H groups in total. The van der Waals surface area contributed by atoms with E-state index in [1.807, 2.05) is 18.2 Å². The lowest BCUT2D eigenvalue weighted by Gasteiger charge is -2.06. The number of benzene rings is 2. The Balaban J connectivity index is 1.54. The number of aromatic nitrogens is 1. The number of phenols is 1. The van der Waals surface area contributed by atoms with Crippen LogP contribution in [0.5, 0.6) is 11.5 Å². The average molecular weight is 356 g/mol. The van der Waals surface area contributed by atoms with Crippen molar-refractivity contribution in [1.82, 2.24) is 4.98 Å². The fraction of sp³-hybridized carbons (Fsp3) is 0.118. The molecule has 24 heavy (non-hydrogen) atoms. The van der Waals surface area contributed by atoms with Gasteiger partial charge in [0.1, 0.15) is 21.6 Å². The number of fused-ring (bicyclic) bond motifs is 1. The minimum absolute atomic E-state index is 0.211. The number of ether oxygens (including phenoxy) is 1. The maximum atomic E-state index is 12.2. The predicted molar refractivity (Wildman–Crippen MR) is 96.1 cm³/mol. The number of aliphatic imine (C=N–C) groups is 1. The Morgan fingerprint density at radius 1 is 1.21 bits per heavy atom. The molecule has 1 aromatic heterocycles. The van der Waals surface area contributed by atoms with Crippen LogP contribution in [-0.4, -0.2) is 32.9 Å². The largest absolute Gasteiger partial charge is 0.508 e. The lowest BCUT2D eigenvalue weighted by molar-refractivity contribution is -0.135. The molecular formula is C17H12N2O3S2. The summed E-state index contributed by atoms with van der Waals surface area (Å²) in [5.74, 6) is 0.916. The van der Waals surface area contributed by atoms with Gasteiger partial charge in [-0.15, -0.1) is 23.1 Å². The normalized spacial score (nSPS) is 17.0. The number of rotatable bonds is 3. The molecule has 0 spiro atoms. The van der Waals surface area contributed by atoms with Gasteiger partial charge in [0.25, 0.3) is 0 Å². The summed E-state index contributed by atoms with van der Waals surface area (Å²) in [6.07, 6.45) is 0. The molecular weight excluding hydrogens is 344 g/mol. The highest BCUT2D eigenvalue weighted by atomic mass is 32.2. The minimum atomic E-state index is -0.523. The van der Waals surface area contributed by atoms with Crippen molar-refractivity contribution < 1.29 is 14.6 Å². The number of carbonyl (C=O) groups excluding carboxylic acids is 1. The zero-order valence-corrected chi connectivity index (χ0v) is 14.0. The average Bonchev–Trinajstić information content (AvgIpc) is 3.22. The maximum absolute atomic E-state index is 12.2. The summed E-state index contributed by atoms with van der Waals surface area (Å²) in [6, 6.07) is 13.5. The van der Waals surface area contributed by atoms with Crippen LogP contribution in [0.25, 0.3) is 10.2 Å². The first-order valence-electron chi connectivity index (χ1n) is 7.26. The van der Waals surface area contributed by atoms with Crippen LogP contribution >= 0.6 is 23.1 Å². The van der Waals surface area contributed by atoms with Crippen molar-refractivity contribution in [3.8, 4) is 11.5 Å². The third-order valence-electron chi connectivity index (χ3n) is 3.44. The molecule has 2 heterocycles. The summed E-state index contributed by atoms with van der Waals surface area (Å²) in [7, 11) is 0. The molecule has 0 radical (unpaired) electrons. The zero-order valence-electron chi connectivity index (χ0n) is 12.4. The number of esters is 1. The van der Waals surface area contributed by atoms with E-state index in [1.165, 1.54) is 23.1 Å². The second-order valence-corrected chi connectivity index (χ2v) is 7.21. The van der Waals surface area contributed by atoms with E-state index in [0.717, 1.165) is 20.3 Å². The molecule has 0 amide bonds. The number of para-hydroxylation sites is 1. The Bertz CT molecular complexity index is 937. The predicted octanol–water partition coefficient (Wildman–Crippen LogP) is 3.47. The number of hydrogen-bond donors (Lipinski definition) is 1. The topological polar surface area (TPSA) is 71.8 Å². The molecule has 2 aromatic carbocycles. The van der Waals surface area contributed by atoms with Crippen molar-refractivity contribution in [2.75, 3.05) is 5.75 Å². The van der Waals surface area contributed by atoms with E-state index in [4.69, 9.17) is 4.74 Å². The third kappa shape index (κ3) is 3.00. The molecule has 0 fully saturated rings. The van der Waals surface area contributed by atoms with Crippen LogP contribution in [0.2, 0.25) is 0 Å². The number of thiazole rings is 1. The molecule has 0 bridgehead atoms. The molecule has 0 saturated heterocycles. The number of nitrogens with zero attached hydrogens (tertiary/aromatic N) is 2. The lowest BCUT2D eigenvalue weighted by Crippen LogP contribution is -2.24. The Labute approximate surface area is 146 Å². The maximum Gasteiger partial charge on any atom is 0.337 e. The van der Waals surface area contributed by atoms with Crippen molar-refractivity contribution in [2.24, 2.45) is 4.99 Å². The molecule has 4 rings (SSSR count). The first-order chi connectivity index (χ1) is 11.7.